The molecule has 0 radical (unpaired) electrons. The molecule has 0 aromatic carbocycles. The standard InChI is InChI=1S/C13H18N2S2/c1-15(2)8-7-14-13(11-5-3-9-16-11)12-6-4-10-17-12/h3-6,9-10,13-14H,7-8H2,1-2H3. The molecule has 0 amide bonds. The highest BCUT2D eigenvalue weighted by atomic mass is 32.1. The number of hydrogen-bond acceptors (Lipinski definition) is 4. The second kappa shape index (κ2) is 6.31. The van der Waals surface area contributed by atoms with Gasteiger partial charge in [0, 0.05) is 22.8 Å². The maximum Gasteiger partial charge on any atom is 0.0765 e. The molecule has 0 saturated heterocycles. The Balaban J connectivity index is 2.04. The van der Waals surface area contributed by atoms with Crippen LogP contribution in [0.5, 0.6) is 0 Å². The topological polar surface area (TPSA) is 15.3 Å². The lowest BCUT2D eigenvalue weighted by molar-refractivity contribution is 0.394. The predicted octanol–water partition coefficient (Wildman–Crippen LogP) is 3.05. The Bertz CT molecular complexity index is 372. The molecule has 0 bridgehead atoms. The molecule has 0 spiro atoms. The number of thiophene rings is 2. The van der Waals surface area contributed by atoms with Crippen molar-refractivity contribution in [3.63, 3.8) is 0 Å². The van der Waals surface area contributed by atoms with Gasteiger partial charge in [-0.05, 0) is 37.0 Å². The third-order valence-corrected chi connectivity index (χ3v) is 4.44. The monoisotopic (exact) mass is 266 g/mol. The molecule has 0 aliphatic heterocycles. The summed E-state index contributed by atoms with van der Waals surface area (Å²) in [6.45, 7) is 2.07. The van der Waals surface area contributed by atoms with Crippen molar-refractivity contribution in [3.05, 3.63) is 44.8 Å². The molecule has 0 aliphatic rings. The van der Waals surface area contributed by atoms with Gasteiger partial charge in [-0.3, -0.25) is 0 Å². The van der Waals surface area contributed by atoms with Crippen molar-refractivity contribution in [2.45, 2.75) is 6.04 Å². The Morgan fingerprint density at radius 1 is 1.12 bits per heavy atom. The van der Waals surface area contributed by atoms with Gasteiger partial charge in [-0.1, -0.05) is 12.1 Å². The molecular weight excluding hydrogens is 248 g/mol. The zero-order valence-corrected chi connectivity index (χ0v) is 11.9. The summed E-state index contributed by atoms with van der Waals surface area (Å²) in [6.07, 6.45) is 0. The summed E-state index contributed by atoms with van der Waals surface area (Å²) in [6, 6.07) is 9.01. The average Bonchev–Trinajstić information content (AvgIpc) is 2.97. The molecule has 2 rings (SSSR count). The molecule has 2 aromatic heterocycles. The molecule has 17 heavy (non-hydrogen) atoms. The highest BCUT2D eigenvalue weighted by Crippen LogP contribution is 2.28. The number of rotatable bonds is 6. The van der Waals surface area contributed by atoms with Crippen LogP contribution in [0.3, 0.4) is 0 Å². The molecule has 2 nitrogen and oxygen atoms in total. The van der Waals surface area contributed by atoms with Gasteiger partial charge in [-0.2, -0.15) is 0 Å². The van der Waals surface area contributed by atoms with Crippen molar-refractivity contribution in [1.29, 1.82) is 0 Å². The molecule has 2 aromatic rings. The maximum absolute atomic E-state index is 3.64. The summed E-state index contributed by atoms with van der Waals surface area (Å²) in [5.74, 6) is 0. The van der Waals surface area contributed by atoms with Crippen LogP contribution in [0.15, 0.2) is 35.0 Å². The molecule has 4 heteroatoms. The summed E-state index contributed by atoms with van der Waals surface area (Å²) >= 11 is 3.64. The summed E-state index contributed by atoms with van der Waals surface area (Å²) in [5, 5.41) is 7.92. The van der Waals surface area contributed by atoms with E-state index in [2.05, 4.69) is 59.3 Å². The van der Waals surface area contributed by atoms with Gasteiger partial charge in [0.15, 0.2) is 0 Å². The second-order valence-corrected chi connectivity index (χ2v) is 6.18. The largest absolute Gasteiger partial charge is 0.308 e. The summed E-state index contributed by atoms with van der Waals surface area (Å²) < 4.78 is 0. The highest BCUT2D eigenvalue weighted by molar-refractivity contribution is 7.11. The fourth-order valence-electron chi connectivity index (χ4n) is 1.68. The minimum Gasteiger partial charge on any atom is -0.308 e. The van der Waals surface area contributed by atoms with Crippen LogP contribution in [-0.4, -0.2) is 32.1 Å². The van der Waals surface area contributed by atoms with E-state index in [4.69, 9.17) is 0 Å². The number of likely N-dealkylation sites (N-methyl/N-ethyl adjacent to an activating group) is 1. The lowest BCUT2D eigenvalue weighted by Gasteiger charge is -2.18. The van der Waals surface area contributed by atoms with Crippen molar-refractivity contribution < 1.29 is 0 Å². The highest BCUT2D eigenvalue weighted by Gasteiger charge is 2.15. The van der Waals surface area contributed by atoms with Gasteiger partial charge in [-0.25, -0.2) is 0 Å². The lowest BCUT2D eigenvalue weighted by Crippen LogP contribution is -2.29. The van der Waals surface area contributed by atoms with Gasteiger partial charge in [0.2, 0.25) is 0 Å². The van der Waals surface area contributed by atoms with Crippen LogP contribution in [0.1, 0.15) is 15.8 Å². The van der Waals surface area contributed by atoms with Crippen LogP contribution in [0.4, 0.5) is 0 Å². The summed E-state index contributed by atoms with van der Waals surface area (Å²) in [4.78, 5) is 4.99. The van der Waals surface area contributed by atoms with E-state index in [1.54, 1.807) is 0 Å². The Kier molecular flexibility index (Phi) is 4.74. The lowest BCUT2D eigenvalue weighted by atomic mass is 10.2. The first kappa shape index (κ1) is 12.8. The van der Waals surface area contributed by atoms with Crippen molar-refractivity contribution >= 4 is 22.7 Å². The van der Waals surface area contributed by atoms with E-state index < -0.39 is 0 Å². The van der Waals surface area contributed by atoms with Crippen LogP contribution in [0.2, 0.25) is 0 Å². The minimum atomic E-state index is 0.356. The smallest absolute Gasteiger partial charge is 0.0765 e. The minimum absolute atomic E-state index is 0.356. The molecule has 0 aliphatic carbocycles. The molecule has 1 N–H and O–H groups in total. The Labute approximate surface area is 111 Å². The normalized spacial score (nSPS) is 11.5. The van der Waals surface area contributed by atoms with Crippen molar-refractivity contribution in [1.82, 2.24) is 10.2 Å². The van der Waals surface area contributed by atoms with Gasteiger partial charge in [0.05, 0.1) is 6.04 Å². The SMILES string of the molecule is CN(C)CCNC(c1cccs1)c1cccs1. The van der Waals surface area contributed by atoms with Crippen LogP contribution in [-0.2, 0) is 0 Å². The van der Waals surface area contributed by atoms with Crippen LogP contribution in [0, 0.1) is 0 Å². The number of nitrogens with zero attached hydrogens (tertiary/aromatic N) is 1. The van der Waals surface area contributed by atoms with E-state index in [1.165, 1.54) is 9.75 Å². The van der Waals surface area contributed by atoms with E-state index in [0.29, 0.717) is 6.04 Å². The fraction of sp³-hybridized carbons (Fsp3) is 0.385. The Hall–Kier alpha value is -0.680. The molecule has 0 unspecified atom stereocenters. The van der Waals surface area contributed by atoms with Gasteiger partial charge in [0.1, 0.15) is 0 Å². The van der Waals surface area contributed by atoms with Crippen LogP contribution in [0.25, 0.3) is 0 Å². The molecule has 92 valence electrons. The summed E-state index contributed by atoms with van der Waals surface area (Å²) in [5.41, 5.74) is 0. The van der Waals surface area contributed by atoms with Gasteiger partial charge < -0.3 is 10.2 Å². The maximum atomic E-state index is 3.64. The molecule has 0 fully saturated rings. The van der Waals surface area contributed by atoms with Crippen molar-refractivity contribution in [2.75, 3.05) is 27.2 Å². The molecule has 0 atom stereocenters. The quantitative estimate of drug-likeness (QED) is 0.864. The van der Waals surface area contributed by atoms with E-state index in [1.807, 2.05) is 22.7 Å². The third-order valence-electron chi connectivity index (χ3n) is 2.56. The van der Waals surface area contributed by atoms with E-state index >= 15 is 0 Å². The molecule has 2 heterocycles. The predicted molar refractivity (Wildman–Crippen MR) is 77.0 cm³/mol. The van der Waals surface area contributed by atoms with E-state index in [0.717, 1.165) is 13.1 Å². The Morgan fingerprint density at radius 3 is 2.12 bits per heavy atom. The first-order valence-electron chi connectivity index (χ1n) is 5.72. The van der Waals surface area contributed by atoms with Crippen LogP contribution < -0.4 is 5.32 Å². The number of nitrogens with one attached hydrogen (secondary N) is 1. The van der Waals surface area contributed by atoms with E-state index in [9.17, 15) is 0 Å². The second-order valence-electron chi connectivity index (χ2n) is 4.22. The average molecular weight is 266 g/mol. The van der Waals surface area contributed by atoms with Gasteiger partial charge in [0.25, 0.3) is 0 Å². The van der Waals surface area contributed by atoms with Crippen LogP contribution >= 0.6 is 22.7 Å². The fourth-order valence-corrected chi connectivity index (χ4v) is 3.40. The third kappa shape index (κ3) is 3.64. The zero-order chi connectivity index (χ0) is 12.1. The van der Waals surface area contributed by atoms with Crippen molar-refractivity contribution in [3.8, 4) is 0 Å². The van der Waals surface area contributed by atoms with Gasteiger partial charge >= 0.3 is 0 Å². The summed E-state index contributed by atoms with van der Waals surface area (Å²) in [7, 11) is 4.21. The van der Waals surface area contributed by atoms with E-state index in [-0.39, 0.29) is 0 Å². The Morgan fingerprint density at radius 2 is 1.71 bits per heavy atom. The zero-order valence-electron chi connectivity index (χ0n) is 10.2. The molecular formula is C13H18N2S2. The first-order chi connectivity index (χ1) is 8.27. The van der Waals surface area contributed by atoms with Gasteiger partial charge in [-0.15, -0.1) is 22.7 Å². The van der Waals surface area contributed by atoms with Crippen molar-refractivity contribution in [2.24, 2.45) is 0 Å². The molecule has 0 saturated carbocycles. The first-order valence-corrected chi connectivity index (χ1v) is 7.48. The number of hydrogen-bond donors (Lipinski definition) is 1.